The molecular weight excluding hydrogens is 530 g/mol. The van der Waals surface area contributed by atoms with Crippen molar-refractivity contribution in [2.75, 3.05) is 24.4 Å². The highest BCUT2D eigenvalue weighted by molar-refractivity contribution is 6.25. The molecule has 1 saturated heterocycles. The summed E-state index contributed by atoms with van der Waals surface area (Å²) >= 11 is 0. The van der Waals surface area contributed by atoms with Gasteiger partial charge < -0.3 is 19.7 Å². The highest BCUT2D eigenvalue weighted by Gasteiger charge is 2.45. The van der Waals surface area contributed by atoms with E-state index in [0.717, 1.165) is 10.5 Å². The summed E-state index contributed by atoms with van der Waals surface area (Å²) in [6.45, 7) is 1.67. The van der Waals surface area contributed by atoms with E-state index in [1.54, 1.807) is 56.6 Å². The van der Waals surface area contributed by atoms with Gasteiger partial charge in [0.1, 0.15) is 11.8 Å². The fourth-order valence-corrected chi connectivity index (χ4v) is 5.35. The number of carbonyl (C=O) groups is 5. The molecule has 0 bridgehead atoms. The molecule has 3 aliphatic heterocycles. The van der Waals surface area contributed by atoms with Crippen molar-refractivity contribution in [2.45, 2.75) is 31.9 Å². The maximum Gasteiger partial charge on any atom is 0.267 e. The standard InChI is InChI=1S/C29H25N5O7/c1-14-27(37)33(2)21-13-19(17(12-22(21)41-14)15-9-10-30-24(11-15)40-3)31-18-6-4-5-16-25(18)29(39)34(28(16)38)20-7-8-23(35)32-26(20)36/h4-6,9-14,20,31H,7-8H2,1-3H3,(H,32,35,36)/t14-,20+/m1/s1. The molecule has 0 spiro atoms. The normalized spacial score (nSPS) is 19.9. The van der Waals surface area contributed by atoms with Crippen LogP contribution in [-0.2, 0) is 14.4 Å². The third kappa shape index (κ3) is 4.24. The van der Waals surface area contributed by atoms with Crippen molar-refractivity contribution >= 4 is 46.6 Å². The van der Waals surface area contributed by atoms with Crippen LogP contribution >= 0.6 is 0 Å². The molecule has 12 nitrogen and oxygen atoms in total. The fourth-order valence-electron chi connectivity index (χ4n) is 5.35. The lowest BCUT2D eigenvalue weighted by Gasteiger charge is -2.31. The molecule has 2 atom stereocenters. The zero-order valence-electron chi connectivity index (χ0n) is 22.4. The van der Waals surface area contributed by atoms with Crippen molar-refractivity contribution in [3.05, 3.63) is 59.8 Å². The van der Waals surface area contributed by atoms with Gasteiger partial charge in [0, 0.05) is 37.0 Å². The third-order valence-electron chi connectivity index (χ3n) is 7.43. The van der Waals surface area contributed by atoms with Gasteiger partial charge in [-0.2, -0.15) is 0 Å². The van der Waals surface area contributed by atoms with E-state index in [4.69, 9.17) is 9.47 Å². The summed E-state index contributed by atoms with van der Waals surface area (Å²) < 4.78 is 11.2. The minimum Gasteiger partial charge on any atom is -0.481 e. The van der Waals surface area contributed by atoms with Crippen molar-refractivity contribution < 1.29 is 33.4 Å². The number of benzene rings is 2. The summed E-state index contributed by atoms with van der Waals surface area (Å²) in [5, 5.41) is 5.49. The summed E-state index contributed by atoms with van der Waals surface area (Å²) in [6.07, 6.45) is 0.994. The zero-order valence-corrected chi connectivity index (χ0v) is 22.4. The van der Waals surface area contributed by atoms with E-state index in [1.165, 1.54) is 18.1 Å². The lowest BCUT2D eigenvalue weighted by Crippen LogP contribution is -2.54. The van der Waals surface area contributed by atoms with Gasteiger partial charge in [-0.1, -0.05) is 6.07 Å². The van der Waals surface area contributed by atoms with Crippen LogP contribution in [0.4, 0.5) is 17.1 Å². The van der Waals surface area contributed by atoms with Gasteiger partial charge in [-0.3, -0.25) is 34.2 Å². The van der Waals surface area contributed by atoms with E-state index in [-0.39, 0.29) is 29.9 Å². The van der Waals surface area contributed by atoms with Gasteiger partial charge in [-0.15, -0.1) is 0 Å². The molecule has 41 heavy (non-hydrogen) atoms. The number of imide groups is 2. The van der Waals surface area contributed by atoms with Crippen LogP contribution < -0.4 is 25.0 Å². The van der Waals surface area contributed by atoms with E-state index in [2.05, 4.69) is 15.6 Å². The van der Waals surface area contributed by atoms with E-state index < -0.39 is 35.8 Å². The molecule has 4 heterocycles. The lowest BCUT2D eigenvalue weighted by molar-refractivity contribution is -0.136. The third-order valence-corrected chi connectivity index (χ3v) is 7.43. The van der Waals surface area contributed by atoms with Crippen LogP contribution in [-0.4, -0.2) is 65.7 Å². The molecule has 12 heteroatoms. The van der Waals surface area contributed by atoms with Crippen molar-refractivity contribution in [2.24, 2.45) is 0 Å². The summed E-state index contributed by atoms with van der Waals surface area (Å²) in [5.74, 6) is -1.73. The van der Waals surface area contributed by atoms with Crippen LogP contribution in [0.3, 0.4) is 0 Å². The Balaban J connectivity index is 1.45. The first-order chi connectivity index (χ1) is 19.7. The van der Waals surface area contributed by atoms with Crippen molar-refractivity contribution in [3.8, 4) is 22.8 Å². The van der Waals surface area contributed by atoms with E-state index in [9.17, 15) is 24.0 Å². The lowest BCUT2D eigenvalue weighted by atomic mass is 10.0. The quantitative estimate of drug-likeness (QED) is 0.454. The number of fused-ring (bicyclic) bond motifs is 2. The second-order valence-electron chi connectivity index (χ2n) is 9.91. The Bertz CT molecular complexity index is 1670. The first kappa shape index (κ1) is 26.0. The Morgan fingerprint density at radius 1 is 1.02 bits per heavy atom. The average molecular weight is 556 g/mol. The first-order valence-electron chi connectivity index (χ1n) is 12.9. The van der Waals surface area contributed by atoms with Crippen molar-refractivity contribution in [3.63, 3.8) is 0 Å². The summed E-state index contributed by atoms with van der Waals surface area (Å²) in [6, 6.07) is 10.8. The highest BCUT2D eigenvalue weighted by atomic mass is 16.5. The fraction of sp³-hybridized carbons (Fsp3) is 0.241. The smallest absolute Gasteiger partial charge is 0.267 e. The number of carbonyl (C=O) groups excluding carboxylic acids is 5. The minimum absolute atomic E-state index is 0.0235. The Morgan fingerprint density at radius 2 is 1.83 bits per heavy atom. The van der Waals surface area contributed by atoms with E-state index >= 15 is 0 Å². The van der Waals surface area contributed by atoms with E-state index in [1.807, 2.05) is 0 Å². The van der Waals surface area contributed by atoms with Crippen molar-refractivity contribution in [1.29, 1.82) is 0 Å². The van der Waals surface area contributed by atoms with Crippen LogP contribution in [0.15, 0.2) is 48.7 Å². The van der Waals surface area contributed by atoms with Crippen LogP contribution in [0.5, 0.6) is 11.6 Å². The maximum absolute atomic E-state index is 13.6. The van der Waals surface area contributed by atoms with Crippen molar-refractivity contribution in [1.82, 2.24) is 15.2 Å². The molecule has 3 aromatic rings. The van der Waals surface area contributed by atoms with Gasteiger partial charge in [0.05, 0.1) is 29.6 Å². The molecule has 0 saturated carbocycles. The number of pyridine rings is 1. The molecule has 5 amide bonds. The number of likely N-dealkylation sites (N-methyl/N-ethyl adjacent to an activating group) is 1. The molecule has 1 aromatic heterocycles. The number of nitrogens with one attached hydrogen (secondary N) is 2. The predicted molar refractivity (Wildman–Crippen MR) is 146 cm³/mol. The largest absolute Gasteiger partial charge is 0.481 e. The molecular formula is C29H25N5O7. The summed E-state index contributed by atoms with van der Waals surface area (Å²) in [7, 11) is 3.16. The maximum atomic E-state index is 13.6. The Labute approximate surface area is 234 Å². The average Bonchev–Trinajstić information content (AvgIpc) is 3.22. The molecule has 0 unspecified atom stereocenters. The SMILES string of the molecule is COc1cc(-c2cc3c(cc2Nc2cccc4c2C(=O)N([C@H]2CCC(=O)NC2=O)C4=O)N(C)C(=O)[C@@H](C)O3)ccn1. The van der Waals surface area contributed by atoms with Gasteiger partial charge in [0.15, 0.2) is 6.10 Å². The zero-order chi connectivity index (χ0) is 29.0. The first-order valence-corrected chi connectivity index (χ1v) is 12.9. The second kappa shape index (κ2) is 9.73. The molecule has 6 rings (SSSR count). The van der Waals surface area contributed by atoms with Gasteiger partial charge in [-0.05, 0) is 49.2 Å². The minimum atomic E-state index is -1.09. The van der Waals surface area contributed by atoms with Crippen LogP contribution in [0.1, 0.15) is 40.5 Å². The molecule has 0 aliphatic carbocycles. The Kier molecular flexibility index (Phi) is 6.17. The number of amides is 5. The number of anilines is 3. The summed E-state index contributed by atoms with van der Waals surface area (Å²) in [4.78, 5) is 70.4. The number of rotatable bonds is 5. The molecule has 208 valence electrons. The number of piperidine rings is 1. The monoisotopic (exact) mass is 555 g/mol. The summed E-state index contributed by atoms with van der Waals surface area (Å²) in [5.41, 5.74) is 2.99. The molecule has 3 aliphatic rings. The highest BCUT2D eigenvalue weighted by Crippen LogP contribution is 2.44. The Morgan fingerprint density at radius 3 is 2.59 bits per heavy atom. The van der Waals surface area contributed by atoms with Gasteiger partial charge in [-0.25, -0.2) is 4.98 Å². The van der Waals surface area contributed by atoms with Gasteiger partial charge in [0.25, 0.3) is 17.7 Å². The number of nitrogens with zero attached hydrogens (tertiary/aromatic N) is 3. The number of aromatic nitrogens is 1. The van der Waals surface area contributed by atoms with Gasteiger partial charge in [0.2, 0.25) is 17.7 Å². The topological polar surface area (TPSA) is 147 Å². The molecule has 2 aromatic carbocycles. The second-order valence-corrected chi connectivity index (χ2v) is 9.91. The number of methoxy groups -OCH3 is 1. The molecule has 2 N–H and O–H groups in total. The number of ether oxygens (including phenoxy) is 2. The number of hydrogen-bond acceptors (Lipinski definition) is 9. The molecule has 0 radical (unpaired) electrons. The van der Waals surface area contributed by atoms with Crippen LogP contribution in [0.25, 0.3) is 11.1 Å². The van der Waals surface area contributed by atoms with Crippen LogP contribution in [0.2, 0.25) is 0 Å². The van der Waals surface area contributed by atoms with Crippen LogP contribution in [0, 0.1) is 0 Å². The Hall–Kier alpha value is -5.26. The van der Waals surface area contributed by atoms with E-state index in [0.29, 0.717) is 34.3 Å². The number of hydrogen-bond donors (Lipinski definition) is 2. The molecule has 1 fully saturated rings. The van der Waals surface area contributed by atoms with Gasteiger partial charge >= 0.3 is 0 Å². The predicted octanol–water partition coefficient (Wildman–Crippen LogP) is 2.65.